The van der Waals surface area contributed by atoms with Crippen LogP contribution < -0.4 is 16.2 Å². The number of fused-ring (bicyclic) bond motifs is 1. The van der Waals surface area contributed by atoms with Crippen LogP contribution in [0.4, 0.5) is 11.6 Å². The summed E-state index contributed by atoms with van der Waals surface area (Å²) in [6, 6.07) is 14.0. The number of nitrogens with one attached hydrogen (secondary N) is 2. The van der Waals surface area contributed by atoms with Gasteiger partial charge in [0.05, 0.1) is 23.1 Å². The maximum absolute atomic E-state index is 14.3. The molecule has 11 nitrogen and oxygen atoms in total. The zero-order chi connectivity index (χ0) is 30.9. The Balaban J connectivity index is 1.28. The molecule has 0 radical (unpaired) electrons. The van der Waals surface area contributed by atoms with Gasteiger partial charge in [0.2, 0.25) is 11.9 Å². The number of hydrogen-bond donors (Lipinski definition) is 2. The maximum atomic E-state index is 14.3. The monoisotopic (exact) mass is 603 g/mol. The highest BCUT2D eigenvalue weighted by Crippen LogP contribution is 2.29. The minimum absolute atomic E-state index is 0.0894. The number of benzene rings is 1. The molecule has 2 aliphatic rings. The third-order valence-electron chi connectivity index (χ3n) is 8.97. The highest BCUT2D eigenvalue weighted by molar-refractivity contribution is 5.85. The fraction of sp³-hybridized carbons (Fsp3) is 0.353. The smallest absolute Gasteiger partial charge is 0.260 e. The average molecular weight is 604 g/mol. The summed E-state index contributed by atoms with van der Waals surface area (Å²) in [5.74, 6) is 0.791. The molecule has 0 spiro atoms. The van der Waals surface area contributed by atoms with Gasteiger partial charge in [-0.1, -0.05) is 12.1 Å². The van der Waals surface area contributed by atoms with Crippen LogP contribution in [0, 0.1) is 13.8 Å². The van der Waals surface area contributed by atoms with Crippen LogP contribution in [0.1, 0.15) is 48.6 Å². The molecule has 45 heavy (non-hydrogen) atoms. The minimum Gasteiger partial charge on any atom is -0.341 e. The first-order valence-corrected chi connectivity index (χ1v) is 15.7. The molecule has 2 saturated heterocycles. The Hall–Kier alpha value is -4.90. The summed E-state index contributed by atoms with van der Waals surface area (Å²) in [5, 5.41) is 12.2. The topological polar surface area (TPSA) is 123 Å². The van der Waals surface area contributed by atoms with E-state index < -0.39 is 0 Å². The van der Waals surface area contributed by atoms with Crippen molar-refractivity contribution >= 4 is 28.6 Å². The number of aryl methyl sites for hydroxylation is 1. The number of anilines is 2. The van der Waals surface area contributed by atoms with Crippen LogP contribution in [0.5, 0.6) is 0 Å². The Morgan fingerprint density at radius 2 is 1.89 bits per heavy atom. The highest BCUT2D eigenvalue weighted by atomic mass is 16.2. The van der Waals surface area contributed by atoms with Crippen LogP contribution in [-0.2, 0) is 11.3 Å². The molecule has 11 heteroatoms. The van der Waals surface area contributed by atoms with Crippen molar-refractivity contribution in [3.63, 3.8) is 0 Å². The number of nitrogens with zero attached hydrogens (tertiary/aromatic N) is 7. The fourth-order valence-electron chi connectivity index (χ4n) is 6.61. The molecular weight excluding hydrogens is 566 g/mol. The van der Waals surface area contributed by atoms with Gasteiger partial charge in [0.1, 0.15) is 12.2 Å². The summed E-state index contributed by atoms with van der Waals surface area (Å²) >= 11 is 0. The third kappa shape index (κ3) is 5.71. The molecule has 1 unspecified atom stereocenters. The van der Waals surface area contributed by atoms with Gasteiger partial charge in [-0.15, -0.1) is 0 Å². The van der Waals surface area contributed by atoms with Crippen molar-refractivity contribution in [2.24, 2.45) is 0 Å². The van der Waals surface area contributed by atoms with E-state index in [1.165, 1.54) is 23.0 Å². The first-order chi connectivity index (χ1) is 22.0. The lowest BCUT2D eigenvalue weighted by atomic mass is 9.92. The molecule has 0 aliphatic carbocycles. The van der Waals surface area contributed by atoms with Gasteiger partial charge in [-0.2, -0.15) is 10.1 Å². The van der Waals surface area contributed by atoms with Crippen LogP contribution in [0.25, 0.3) is 27.8 Å². The summed E-state index contributed by atoms with van der Waals surface area (Å²) in [6.45, 7) is 7.22. The van der Waals surface area contributed by atoms with Crippen molar-refractivity contribution in [3.05, 3.63) is 88.4 Å². The molecule has 0 bridgehead atoms. The lowest BCUT2D eigenvalue weighted by Crippen LogP contribution is -2.35. The van der Waals surface area contributed by atoms with Gasteiger partial charge in [-0.3, -0.25) is 19.1 Å². The molecule has 7 rings (SSSR count). The van der Waals surface area contributed by atoms with E-state index in [0.717, 1.165) is 48.6 Å². The average Bonchev–Trinajstić information content (AvgIpc) is 3.72. The number of rotatable bonds is 7. The van der Waals surface area contributed by atoms with Crippen molar-refractivity contribution in [3.8, 4) is 16.8 Å². The number of likely N-dealkylation sites (tertiary alicyclic amines) is 1. The van der Waals surface area contributed by atoms with Crippen molar-refractivity contribution in [1.29, 1.82) is 0 Å². The van der Waals surface area contributed by atoms with E-state index in [1.54, 1.807) is 23.3 Å². The Kier molecular flexibility index (Phi) is 7.85. The van der Waals surface area contributed by atoms with Gasteiger partial charge < -0.3 is 15.5 Å². The molecule has 4 aromatic heterocycles. The van der Waals surface area contributed by atoms with Gasteiger partial charge in [0, 0.05) is 54.4 Å². The van der Waals surface area contributed by atoms with E-state index in [1.807, 2.05) is 49.1 Å². The lowest BCUT2D eigenvalue weighted by Gasteiger charge is -2.23. The SMILES string of the molecule is Cc1nn(-c2cccnc2)c(C)c1-c1cc2cnc(Nc3ccc(C4CCCNC4)cc3)nc2n(CC(=O)N2CCCC2)c1=O. The second kappa shape index (κ2) is 12.2. The van der Waals surface area contributed by atoms with Crippen LogP contribution in [0.3, 0.4) is 0 Å². The van der Waals surface area contributed by atoms with Crippen LogP contribution >= 0.6 is 0 Å². The Labute approximate surface area is 261 Å². The third-order valence-corrected chi connectivity index (χ3v) is 8.97. The van der Waals surface area contributed by atoms with Crippen molar-refractivity contribution < 1.29 is 4.79 Å². The fourth-order valence-corrected chi connectivity index (χ4v) is 6.61. The van der Waals surface area contributed by atoms with E-state index >= 15 is 0 Å². The number of pyridine rings is 2. The molecule has 5 aromatic rings. The van der Waals surface area contributed by atoms with Gasteiger partial charge in [0.25, 0.3) is 5.56 Å². The second-order valence-corrected chi connectivity index (χ2v) is 12.0. The second-order valence-electron chi connectivity index (χ2n) is 12.0. The van der Waals surface area contributed by atoms with Crippen molar-refractivity contribution in [2.45, 2.75) is 52.0 Å². The highest BCUT2D eigenvalue weighted by Gasteiger charge is 2.24. The predicted octanol–water partition coefficient (Wildman–Crippen LogP) is 4.49. The van der Waals surface area contributed by atoms with Gasteiger partial charge in [0.15, 0.2) is 0 Å². The lowest BCUT2D eigenvalue weighted by molar-refractivity contribution is -0.130. The Bertz CT molecular complexity index is 1900. The summed E-state index contributed by atoms with van der Waals surface area (Å²) < 4.78 is 3.29. The largest absolute Gasteiger partial charge is 0.341 e. The van der Waals surface area contributed by atoms with E-state index in [4.69, 9.17) is 10.1 Å². The normalized spacial score (nSPS) is 16.8. The summed E-state index contributed by atoms with van der Waals surface area (Å²) in [5.41, 5.74) is 5.79. The summed E-state index contributed by atoms with van der Waals surface area (Å²) in [4.78, 5) is 43.1. The maximum Gasteiger partial charge on any atom is 0.260 e. The number of aromatic nitrogens is 6. The quantitative estimate of drug-likeness (QED) is 0.279. The molecule has 2 fully saturated rings. The Morgan fingerprint density at radius 3 is 2.62 bits per heavy atom. The van der Waals surface area contributed by atoms with Crippen LogP contribution in [0.2, 0.25) is 0 Å². The zero-order valence-electron chi connectivity index (χ0n) is 25.7. The van der Waals surface area contributed by atoms with E-state index in [-0.39, 0.29) is 18.0 Å². The standard InChI is InChI=1S/C34H37N9O2/c1-22-31(23(2)43(40-22)28-8-6-14-36-20-28)29-17-26-19-37-34(38-27-11-9-24(10-12-27)25-7-5-13-35-18-25)39-32(26)42(33(29)45)21-30(44)41-15-3-4-16-41/h6,8-12,14,17,19-20,25,35H,3-5,7,13,15-16,18,21H2,1-2H3,(H,37,38,39). The predicted molar refractivity (Wildman–Crippen MR) is 174 cm³/mol. The zero-order valence-corrected chi connectivity index (χ0v) is 25.7. The summed E-state index contributed by atoms with van der Waals surface area (Å²) in [7, 11) is 0. The minimum atomic E-state index is -0.290. The Morgan fingerprint density at radius 1 is 1.07 bits per heavy atom. The van der Waals surface area contributed by atoms with Crippen molar-refractivity contribution in [1.82, 2.24) is 39.5 Å². The van der Waals surface area contributed by atoms with Gasteiger partial charge in [-0.25, -0.2) is 9.67 Å². The molecule has 230 valence electrons. The number of carbonyl (C=O) groups excluding carboxylic acids is 1. The van der Waals surface area contributed by atoms with Gasteiger partial charge >= 0.3 is 0 Å². The number of carbonyl (C=O) groups is 1. The molecule has 2 aliphatic heterocycles. The molecule has 6 heterocycles. The molecule has 2 N–H and O–H groups in total. The van der Waals surface area contributed by atoms with Crippen LogP contribution in [0.15, 0.2) is 65.8 Å². The van der Waals surface area contributed by atoms with Gasteiger partial charge in [-0.05, 0) is 87.9 Å². The first-order valence-electron chi connectivity index (χ1n) is 15.7. The van der Waals surface area contributed by atoms with Crippen LogP contribution in [-0.4, -0.2) is 66.3 Å². The number of hydrogen-bond acceptors (Lipinski definition) is 8. The summed E-state index contributed by atoms with van der Waals surface area (Å²) in [6.07, 6.45) is 9.47. The molecule has 1 aromatic carbocycles. The van der Waals surface area contributed by atoms with E-state index in [0.29, 0.717) is 47.2 Å². The molecule has 0 saturated carbocycles. The number of piperidine rings is 1. The molecule has 1 atom stereocenters. The molecule has 1 amide bonds. The van der Waals surface area contributed by atoms with E-state index in [2.05, 4.69) is 32.7 Å². The molecular formula is C34H37N9O2. The van der Waals surface area contributed by atoms with E-state index in [9.17, 15) is 9.59 Å². The first kappa shape index (κ1) is 28.8. The van der Waals surface area contributed by atoms with Crippen molar-refractivity contribution in [2.75, 3.05) is 31.5 Å². The number of amides is 1.